The summed E-state index contributed by atoms with van der Waals surface area (Å²) in [7, 11) is 0. The molecule has 0 aliphatic carbocycles. The van der Waals surface area contributed by atoms with Gasteiger partial charge in [0, 0.05) is 6.07 Å². The average Bonchev–Trinajstić information content (AvgIpc) is 2.10. The van der Waals surface area contributed by atoms with Gasteiger partial charge in [-0.05, 0) is 6.07 Å². The molecule has 0 amide bonds. The van der Waals surface area contributed by atoms with Crippen LogP contribution >= 0.6 is 11.6 Å². The Labute approximate surface area is 83.6 Å². The van der Waals surface area contributed by atoms with Crippen LogP contribution in [0.4, 0.5) is 14.5 Å². The van der Waals surface area contributed by atoms with Crippen LogP contribution in [0.15, 0.2) is 12.1 Å². The number of rotatable bonds is 2. The fraction of sp³-hybridized carbons (Fsp3) is 0.125. The second-order valence-corrected chi connectivity index (χ2v) is 2.77. The predicted molar refractivity (Wildman–Crippen MR) is 47.2 cm³/mol. The van der Waals surface area contributed by atoms with E-state index >= 15 is 0 Å². The fourth-order valence-electron chi connectivity index (χ4n) is 0.855. The van der Waals surface area contributed by atoms with E-state index in [1.807, 2.05) is 0 Å². The Morgan fingerprint density at radius 2 is 2.14 bits per heavy atom. The van der Waals surface area contributed by atoms with E-state index in [9.17, 15) is 8.78 Å². The summed E-state index contributed by atoms with van der Waals surface area (Å²) < 4.78 is 27.7. The summed E-state index contributed by atoms with van der Waals surface area (Å²) in [5.41, 5.74) is 5.41. The molecule has 0 atom stereocenters. The van der Waals surface area contributed by atoms with E-state index in [0.717, 1.165) is 6.07 Å². The lowest BCUT2D eigenvalue weighted by molar-refractivity contribution is -0.0493. The minimum absolute atomic E-state index is 0.0253. The molecule has 2 N–H and O–H groups in total. The summed E-state index contributed by atoms with van der Waals surface area (Å²) in [6.07, 6.45) is 0. The van der Waals surface area contributed by atoms with E-state index in [0.29, 0.717) is 0 Å². The van der Waals surface area contributed by atoms with E-state index in [4.69, 9.17) is 22.6 Å². The van der Waals surface area contributed by atoms with Gasteiger partial charge in [0.05, 0.1) is 16.3 Å². The minimum atomic E-state index is -2.97. The van der Waals surface area contributed by atoms with Crippen LogP contribution < -0.4 is 10.5 Å². The summed E-state index contributed by atoms with van der Waals surface area (Å²) in [5.74, 6) is -0.232. The van der Waals surface area contributed by atoms with Crippen LogP contribution in [0.5, 0.6) is 5.75 Å². The first-order valence-corrected chi connectivity index (χ1v) is 3.86. The predicted octanol–water partition coefficient (Wildman–Crippen LogP) is 2.40. The van der Waals surface area contributed by atoms with Gasteiger partial charge in [-0.3, -0.25) is 0 Å². The monoisotopic (exact) mass is 218 g/mol. The van der Waals surface area contributed by atoms with Crippen molar-refractivity contribution in [1.82, 2.24) is 0 Å². The SMILES string of the molecule is N#Cc1cc(N)c(OC(F)F)cc1Cl. The number of ether oxygens (including phenoxy) is 1. The molecule has 0 aliphatic rings. The number of hydrogen-bond acceptors (Lipinski definition) is 3. The zero-order chi connectivity index (χ0) is 10.7. The first-order chi connectivity index (χ1) is 6.54. The maximum Gasteiger partial charge on any atom is 0.387 e. The maximum absolute atomic E-state index is 11.8. The van der Waals surface area contributed by atoms with Crippen LogP contribution in [-0.2, 0) is 0 Å². The topological polar surface area (TPSA) is 59.0 Å². The molecule has 0 spiro atoms. The average molecular weight is 219 g/mol. The molecule has 0 saturated carbocycles. The third kappa shape index (κ3) is 2.24. The Kier molecular flexibility index (Phi) is 3.10. The third-order valence-corrected chi connectivity index (χ3v) is 1.75. The van der Waals surface area contributed by atoms with E-state index in [2.05, 4.69) is 4.74 Å². The standard InChI is InChI=1S/C8H5ClF2N2O/c9-5-2-7(14-8(10)11)6(13)1-4(5)3-12/h1-2,8H,13H2. The van der Waals surface area contributed by atoms with Gasteiger partial charge in [-0.15, -0.1) is 0 Å². The molecule has 1 aromatic rings. The van der Waals surface area contributed by atoms with Gasteiger partial charge >= 0.3 is 6.61 Å². The fourth-order valence-corrected chi connectivity index (χ4v) is 1.05. The molecule has 0 aliphatic heterocycles. The molecule has 3 nitrogen and oxygen atoms in total. The highest BCUT2D eigenvalue weighted by molar-refractivity contribution is 6.32. The van der Waals surface area contributed by atoms with E-state index in [1.165, 1.54) is 6.07 Å². The van der Waals surface area contributed by atoms with Crippen molar-refractivity contribution in [2.45, 2.75) is 6.61 Å². The van der Waals surface area contributed by atoms with E-state index < -0.39 is 6.61 Å². The highest BCUT2D eigenvalue weighted by Crippen LogP contribution is 2.29. The minimum Gasteiger partial charge on any atom is -0.433 e. The molecule has 0 bridgehead atoms. The largest absolute Gasteiger partial charge is 0.433 e. The van der Waals surface area contributed by atoms with Gasteiger partial charge in [0.25, 0.3) is 0 Å². The summed E-state index contributed by atoms with van der Waals surface area (Å²) >= 11 is 5.58. The molecule has 0 unspecified atom stereocenters. The number of alkyl halides is 2. The van der Waals surface area contributed by atoms with Crippen LogP contribution in [0.2, 0.25) is 5.02 Å². The molecule has 0 heterocycles. The van der Waals surface area contributed by atoms with Crippen molar-refractivity contribution in [1.29, 1.82) is 5.26 Å². The molecule has 74 valence electrons. The molecule has 1 rings (SSSR count). The Morgan fingerprint density at radius 1 is 1.50 bits per heavy atom. The Bertz CT molecular complexity index is 390. The molecule has 0 radical (unpaired) electrons. The molecule has 0 saturated heterocycles. The number of nitrogen functional groups attached to an aromatic ring is 1. The van der Waals surface area contributed by atoms with Gasteiger partial charge in [-0.2, -0.15) is 14.0 Å². The maximum atomic E-state index is 11.8. The van der Waals surface area contributed by atoms with Crippen molar-refractivity contribution in [2.75, 3.05) is 5.73 Å². The van der Waals surface area contributed by atoms with Crippen molar-refractivity contribution < 1.29 is 13.5 Å². The Morgan fingerprint density at radius 3 is 2.64 bits per heavy atom. The number of hydrogen-bond donors (Lipinski definition) is 1. The van der Waals surface area contributed by atoms with Crippen LogP contribution in [0.1, 0.15) is 5.56 Å². The first kappa shape index (κ1) is 10.5. The van der Waals surface area contributed by atoms with Crippen molar-refractivity contribution in [3.05, 3.63) is 22.7 Å². The van der Waals surface area contributed by atoms with Crippen molar-refractivity contribution in [3.63, 3.8) is 0 Å². The van der Waals surface area contributed by atoms with Gasteiger partial charge in [-0.1, -0.05) is 11.6 Å². The number of halogens is 3. The van der Waals surface area contributed by atoms with E-state index in [1.54, 1.807) is 6.07 Å². The molecule has 0 fully saturated rings. The normalized spacial score (nSPS) is 9.93. The molecular weight excluding hydrogens is 214 g/mol. The van der Waals surface area contributed by atoms with Crippen molar-refractivity contribution >= 4 is 17.3 Å². The third-order valence-electron chi connectivity index (χ3n) is 1.44. The molecule has 14 heavy (non-hydrogen) atoms. The summed E-state index contributed by atoms with van der Waals surface area (Å²) in [6.45, 7) is -2.97. The Hall–Kier alpha value is -1.54. The van der Waals surface area contributed by atoms with Crippen LogP contribution in [0.3, 0.4) is 0 Å². The van der Waals surface area contributed by atoms with Gasteiger partial charge in [0.1, 0.15) is 6.07 Å². The van der Waals surface area contributed by atoms with Crippen LogP contribution in [0, 0.1) is 11.3 Å². The number of nitrogens with zero attached hydrogens (tertiary/aromatic N) is 1. The molecule has 0 aromatic heterocycles. The molecule has 6 heteroatoms. The highest BCUT2D eigenvalue weighted by Gasteiger charge is 2.11. The molecular formula is C8H5ClF2N2O. The number of benzene rings is 1. The second kappa shape index (κ2) is 4.11. The Balaban J connectivity index is 3.10. The van der Waals surface area contributed by atoms with Crippen LogP contribution in [0.25, 0.3) is 0 Å². The summed E-state index contributed by atoms with van der Waals surface area (Å²) in [6, 6.07) is 4.03. The number of anilines is 1. The summed E-state index contributed by atoms with van der Waals surface area (Å²) in [4.78, 5) is 0. The van der Waals surface area contributed by atoms with Gasteiger partial charge < -0.3 is 10.5 Å². The van der Waals surface area contributed by atoms with Gasteiger partial charge in [-0.25, -0.2) is 0 Å². The van der Waals surface area contributed by atoms with Crippen LogP contribution in [-0.4, -0.2) is 6.61 Å². The smallest absolute Gasteiger partial charge is 0.387 e. The first-order valence-electron chi connectivity index (χ1n) is 3.48. The van der Waals surface area contributed by atoms with Gasteiger partial charge in [0.15, 0.2) is 5.75 Å². The van der Waals surface area contributed by atoms with Crippen molar-refractivity contribution in [3.8, 4) is 11.8 Å². The number of nitriles is 1. The van der Waals surface area contributed by atoms with E-state index in [-0.39, 0.29) is 22.0 Å². The zero-order valence-electron chi connectivity index (χ0n) is 6.80. The van der Waals surface area contributed by atoms with Crippen molar-refractivity contribution in [2.24, 2.45) is 0 Å². The second-order valence-electron chi connectivity index (χ2n) is 2.36. The number of nitrogens with two attached hydrogens (primary N) is 1. The quantitative estimate of drug-likeness (QED) is 0.776. The van der Waals surface area contributed by atoms with Gasteiger partial charge in [0.2, 0.25) is 0 Å². The lowest BCUT2D eigenvalue weighted by Crippen LogP contribution is -2.04. The lowest BCUT2D eigenvalue weighted by Gasteiger charge is -2.08. The lowest BCUT2D eigenvalue weighted by atomic mass is 10.2. The highest BCUT2D eigenvalue weighted by atomic mass is 35.5. The molecule has 1 aromatic carbocycles. The summed E-state index contributed by atoms with van der Waals surface area (Å²) in [5, 5.41) is 8.56. The zero-order valence-corrected chi connectivity index (χ0v) is 7.55.